The predicted molar refractivity (Wildman–Crippen MR) is 41.4 cm³/mol. The zero-order valence-electron chi connectivity index (χ0n) is 5.43. The van der Waals surface area contributed by atoms with Crippen molar-refractivity contribution in [1.29, 1.82) is 0 Å². The first-order valence-corrected chi connectivity index (χ1v) is 4.16. The van der Waals surface area contributed by atoms with Crippen molar-refractivity contribution >= 4 is 23.2 Å². The van der Waals surface area contributed by atoms with Gasteiger partial charge in [0.25, 0.3) is 0 Å². The topological polar surface area (TPSA) is 26.0 Å². The van der Waals surface area contributed by atoms with Gasteiger partial charge in [-0.05, 0) is 12.8 Å². The largest absolute Gasteiger partial charge is 0.325 e. The van der Waals surface area contributed by atoms with E-state index in [1.54, 1.807) is 0 Å². The van der Waals surface area contributed by atoms with Gasteiger partial charge in [-0.25, -0.2) is 4.39 Å². The van der Waals surface area contributed by atoms with Gasteiger partial charge in [0.2, 0.25) is 0 Å². The molecule has 0 aliphatic heterocycles. The SMILES string of the molecule is NC1CC(Cl)C(Cl)CC1F. The first-order chi connectivity index (χ1) is 4.61. The first-order valence-electron chi connectivity index (χ1n) is 3.29. The van der Waals surface area contributed by atoms with Crippen LogP contribution in [0.4, 0.5) is 4.39 Å². The van der Waals surface area contributed by atoms with Crippen molar-refractivity contribution in [2.75, 3.05) is 0 Å². The van der Waals surface area contributed by atoms with Crippen molar-refractivity contribution in [3.05, 3.63) is 0 Å². The maximum atomic E-state index is 12.7. The van der Waals surface area contributed by atoms with Crippen molar-refractivity contribution in [3.63, 3.8) is 0 Å². The van der Waals surface area contributed by atoms with Gasteiger partial charge >= 0.3 is 0 Å². The third-order valence-corrected chi connectivity index (χ3v) is 2.90. The van der Waals surface area contributed by atoms with E-state index in [4.69, 9.17) is 28.9 Å². The van der Waals surface area contributed by atoms with Gasteiger partial charge in [0.15, 0.2) is 0 Å². The van der Waals surface area contributed by atoms with E-state index in [1.165, 1.54) is 0 Å². The molecular weight excluding hydrogens is 176 g/mol. The minimum Gasteiger partial charge on any atom is -0.325 e. The van der Waals surface area contributed by atoms with Crippen LogP contribution in [0.15, 0.2) is 0 Å². The molecule has 0 aromatic rings. The normalized spacial score (nSPS) is 49.2. The number of halogens is 3. The number of rotatable bonds is 0. The van der Waals surface area contributed by atoms with E-state index in [0.29, 0.717) is 6.42 Å². The fourth-order valence-electron chi connectivity index (χ4n) is 1.09. The fourth-order valence-corrected chi connectivity index (χ4v) is 1.67. The van der Waals surface area contributed by atoms with E-state index in [0.717, 1.165) is 0 Å². The fraction of sp³-hybridized carbons (Fsp3) is 1.00. The molecule has 0 bridgehead atoms. The highest BCUT2D eigenvalue weighted by molar-refractivity contribution is 6.30. The minimum absolute atomic E-state index is 0.163. The standard InChI is InChI=1S/C6H10Cl2FN/c7-3-1-5(9)6(10)2-4(3)8/h3-6H,1-2,10H2. The summed E-state index contributed by atoms with van der Waals surface area (Å²) < 4.78 is 12.7. The van der Waals surface area contributed by atoms with E-state index < -0.39 is 12.2 Å². The van der Waals surface area contributed by atoms with Crippen LogP contribution < -0.4 is 5.73 Å². The molecule has 4 unspecified atom stereocenters. The number of alkyl halides is 3. The van der Waals surface area contributed by atoms with Crippen molar-refractivity contribution in [2.45, 2.75) is 35.8 Å². The van der Waals surface area contributed by atoms with Gasteiger partial charge in [-0.3, -0.25) is 0 Å². The van der Waals surface area contributed by atoms with Gasteiger partial charge in [-0.1, -0.05) is 0 Å². The van der Waals surface area contributed by atoms with E-state index in [1.807, 2.05) is 0 Å². The van der Waals surface area contributed by atoms with Crippen LogP contribution >= 0.6 is 23.2 Å². The lowest BCUT2D eigenvalue weighted by Gasteiger charge is -2.29. The molecule has 60 valence electrons. The van der Waals surface area contributed by atoms with Crippen LogP contribution in [-0.4, -0.2) is 23.0 Å². The van der Waals surface area contributed by atoms with Gasteiger partial charge in [0.05, 0.1) is 10.8 Å². The van der Waals surface area contributed by atoms with Gasteiger partial charge in [0, 0.05) is 6.04 Å². The highest BCUT2D eigenvalue weighted by atomic mass is 35.5. The van der Waals surface area contributed by atoms with E-state index in [2.05, 4.69) is 0 Å². The maximum absolute atomic E-state index is 12.7. The summed E-state index contributed by atoms with van der Waals surface area (Å²) in [7, 11) is 0. The lowest BCUT2D eigenvalue weighted by Crippen LogP contribution is -2.43. The highest BCUT2D eigenvalue weighted by Gasteiger charge is 2.33. The average Bonchev–Trinajstić information content (AvgIpc) is 1.84. The van der Waals surface area contributed by atoms with E-state index >= 15 is 0 Å². The summed E-state index contributed by atoms with van der Waals surface area (Å²) in [6.45, 7) is 0. The van der Waals surface area contributed by atoms with Gasteiger partial charge < -0.3 is 5.73 Å². The molecule has 0 saturated heterocycles. The summed E-state index contributed by atoms with van der Waals surface area (Å²) in [6, 6.07) is -0.419. The molecule has 2 N–H and O–H groups in total. The Morgan fingerprint density at radius 2 is 1.70 bits per heavy atom. The first kappa shape index (κ1) is 8.57. The quantitative estimate of drug-likeness (QED) is 0.572. The highest BCUT2D eigenvalue weighted by Crippen LogP contribution is 2.28. The van der Waals surface area contributed by atoms with Crippen molar-refractivity contribution < 1.29 is 4.39 Å². The Morgan fingerprint density at radius 3 is 2.20 bits per heavy atom. The predicted octanol–water partition coefficient (Wildman–Crippen LogP) is 1.66. The average molecular weight is 186 g/mol. The van der Waals surface area contributed by atoms with Crippen molar-refractivity contribution in [2.24, 2.45) is 5.73 Å². The molecule has 1 nitrogen and oxygen atoms in total. The second-order valence-corrected chi connectivity index (χ2v) is 3.80. The zero-order valence-corrected chi connectivity index (χ0v) is 6.95. The maximum Gasteiger partial charge on any atom is 0.117 e. The minimum atomic E-state index is -0.975. The van der Waals surface area contributed by atoms with Crippen LogP contribution in [-0.2, 0) is 0 Å². The summed E-state index contributed by atoms with van der Waals surface area (Å²) >= 11 is 11.4. The number of nitrogens with two attached hydrogens (primary N) is 1. The van der Waals surface area contributed by atoms with Crippen LogP contribution in [0.3, 0.4) is 0 Å². The third-order valence-electron chi connectivity index (χ3n) is 1.80. The molecule has 4 atom stereocenters. The van der Waals surface area contributed by atoms with Crippen LogP contribution in [0.25, 0.3) is 0 Å². The van der Waals surface area contributed by atoms with E-state index in [9.17, 15) is 4.39 Å². The number of hydrogen-bond donors (Lipinski definition) is 1. The Bertz CT molecular complexity index is 96.3. The van der Waals surface area contributed by atoms with Gasteiger partial charge in [0.1, 0.15) is 6.17 Å². The molecule has 0 heterocycles. The molecule has 0 spiro atoms. The van der Waals surface area contributed by atoms with Gasteiger partial charge in [-0.2, -0.15) is 0 Å². The molecule has 1 rings (SSSR count). The lowest BCUT2D eigenvalue weighted by atomic mass is 9.93. The van der Waals surface area contributed by atoms with Crippen molar-refractivity contribution in [1.82, 2.24) is 0 Å². The Labute approximate surface area is 69.7 Å². The molecule has 1 fully saturated rings. The van der Waals surface area contributed by atoms with Crippen LogP contribution in [0, 0.1) is 0 Å². The molecule has 1 aliphatic carbocycles. The smallest absolute Gasteiger partial charge is 0.117 e. The second-order valence-electron chi connectivity index (χ2n) is 2.68. The molecule has 0 aromatic heterocycles. The lowest BCUT2D eigenvalue weighted by molar-refractivity contribution is 0.223. The summed E-state index contributed by atoms with van der Waals surface area (Å²) in [5, 5.41) is -0.417. The van der Waals surface area contributed by atoms with Crippen molar-refractivity contribution in [3.8, 4) is 0 Å². The molecular formula is C6H10Cl2FN. The summed E-state index contributed by atoms with van der Waals surface area (Å²) in [5.74, 6) is 0. The van der Waals surface area contributed by atoms with E-state index in [-0.39, 0.29) is 17.2 Å². The van der Waals surface area contributed by atoms with Crippen LogP contribution in [0.5, 0.6) is 0 Å². The van der Waals surface area contributed by atoms with Gasteiger partial charge in [-0.15, -0.1) is 23.2 Å². The molecule has 0 amide bonds. The monoisotopic (exact) mass is 185 g/mol. The molecule has 4 heteroatoms. The molecule has 10 heavy (non-hydrogen) atoms. The Balaban J connectivity index is 2.46. The molecule has 1 aliphatic rings. The second kappa shape index (κ2) is 3.24. The number of hydrogen-bond acceptors (Lipinski definition) is 1. The summed E-state index contributed by atoms with van der Waals surface area (Å²) in [6.07, 6.45) is -0.203. The molecule has 0 radical (unpaired) electrons. The summed E-state index contributed by atoms with van der Waals surface area (Å²) in [4.78, 5) is 0. The Kier molecular flexibility index (Phi) is 2.78. The third kappa shape index (κ3) is 1.74. The Hall–Kier alpha value is 0.470. The van der Waals surface area contributed by atoms with Crippen LogP contribution in [0.2, 0.25) is 0 Å². The Morgan fingerprint density at radius 1 is 1.20 bits per heavy atom. The summed E-state index contributed by atoms with van der Waals surface area (Å²) in [5.41, 5.74) is 5.41. The van der Waals surface area contributed by atoms with Crippen LogP contribution in [0.1, 0.15) is 12.8 Å². The molecule has 1 saturated carbocycles. The molecule has 0 aromatic carbocycles. The zero-order chi connectivity index (χ0) is 7.72.